The van der Waals surface area contributed by atoms with E-state index < -0.39 is 7.91 Å². The van der Waals surface area contributed by atoms with Gasteiger partial charge in [-0.05, 0) is 0 Å². The molecule has 0 heterocycles. The average molecular weight is 309 g/mol. The summed E-state index contributed by atoms with van der Waals surface area (Å²) in [5.41, 5.74) is 0. The molecule has 0 atom stereocenters. The maximum Gasteiger partial charge on any atom is 2.00 e. The monoisotopic (exact) mass is 308 g/mol. The zero-order valence-corrected chi connectivity index (χ0v) is 10.7. The van der Waals surface area contributed by atoms with E-state index in [9.17, 15) is 4.20 Å². The molecule has 0 unspecified atom stereocenters. The van der Waals surface area contributed by atoms with Crippen LogP contribution in [0.3, 0.4) is 0 Å². The van der Waals surface area contributed by atoms with E-state index in [4.69, 9.17) is 28.6 Å². The van der Waals surface area contributed by atoms with Gasteiger partial charge < -0.3 is 35.5 Å². The van der Waals surface area contributed by atoms with Crippen LogP contribution in [-0.2, 0) is 35.8 Å². The predicted molar refractivity (Wildman–Crippen MR) is 47.6 cm³/mol. The molecule has 0 aliphatic carbocycles. The number of ether oxygens (including phenoxy) is 3. The van der Waals surface area contributed by atoms with Gasteiger partial charge in [0, 0.05) is 7.11 Å². The molecule has 0 aliphatic rings. The topological polar surface area (TPSA) is 90.9 Å². The molecule has 0 aromatic heterocycles. The number of hydrogen-bond donors (Lipinski definition) is 0. The van der Waals surface area contributed by atoms with E-state index in [1.54, 1.807) is 7.11 Å². The van der Waals surface area contributed by atoms with E-state index in [1.165, 1.54) is 0 Å². The first-order valence-electron chi connectivity index (χ1n) is 4.07. The quantitative estimate of drug-likeness (QED) is 0.267. The summed E-state index contributed by atoms with van der Waals surface area (Å²) in [6.07, 6.45) is 0. The Labute approximate surface area is 105 Å². The van der Waals surface area contributed by atoms with Crippen molar-refractivity contribution in [1.29, 1.82) is 0 Å². The van der Waals surface area contributed by atoms with Crippen LogP contribution < -0.4 is 9.79 Å². The van der Waals surface area contributed by atoms with Crippen LogP contribution in [0, 0.1) is 6.92 Å². The maximum absolute atomic E-state index is 10.1. The summed E-state index contributed by atoms with van der Waals surface area (Å²) in [5, 5.41) is 0. The fourth-order valence-corrected chi connectivity index (χ4v) is 0.464. The minimum Gasteiger partial charge on any atom is -0.786 e. The molecule has 0 saturated heterocycles. The van der Waals surface area contributed by atoms with Crippen molar-refractivity contribution in [2.45, 2.75) is 0 Å². The minimum absolute atomic E-state index is 0. The van der Waals surface area contributed by atoms with Crippen molar-refractivity contribution in [3.63, 3.8) is 0 Å². The number of hydrogen-bond acceptors (Lipinski definition) is 6. The molecule has 0 rings (SSSR count). The molecule has 6 nitrogen and oxygen atoms in total. The molecule has 0 saturated carbocycles. The molecule has 0 amide bonds. The molecule has 0 N–H and O–H groups in total. The summed E-state index contributed by atoms with van der Waals surface area (Å²) >= 11 is 0. The van der Waals surface area contributed by atoms with Gasteiger partial charge in [0.15, 0.2) is 0 Å². The first-order valence-corrected chi connectivity index (χ1v) is 5.50. The molecule has 0 bridgehead atoms. The third kappa shape index (κ3) is 47.0. The van der Waals surface area contributed by atoms with E-state index in [-0.39, 0.29) is 17.1 Å². The molecular formula is C7H15CuFO6P-. The molecular weight excluding hydrogens is 294 g/mol. The molecule has 103 valence electrons. The fraction of sp³-hybridized carbons (Fsp3) is 0.857. The van der Waals surface area contributed by atoms with Gasteiger partial charge in [0.25, 0.3) is 0 Å². The van der Waals surface area contributed by atoms with E-state index >= 15 is 0 Å². The van der Waals surface area contributed by atoms with Gasteiger partial charge >= 0.3 is 17.1 Å². The normalized spacial score (nSPS) is 10.1. The Morgan fingerprint density at radius 1 is 1.19 bits per heavy atom. The first kappa shape index (κ1) is 21.7. The van der Waals surface area contributed by atoms with E-state index in [0.717, 1.165) is 0 Å². The van der Waals surface area contributed by atoms with Crippen molar-refractivity contribution in [2.24, 2.45) is 0 Å². The zero-order chi connectivity index (χ0) is 12.2. The van der Waals surface area contributed by atoms with Crippen LogP contribution >= 0.6 is 7.91 Å². The summed E-state index contributed by atoms with van der Waals surface area (Å²) in [5.74, 6) is 0. The SMILES string of the molecule is O=P([O-])([O-])F.[CH2-]COCCOCCOC.[Cu+2]. The van der Waals surface area contributed by atoms with Crippen molar-refractivity contribution >= 4 is 7.91 Å². The smallest absolute Gasteiger partial charge is 0.786 e. The zero-order valence-electron chi connectivity index (χ0n) is 8.82. The van der Waals surface area contributed by atoms with Crippen molar-refractivity contribution < 1.29 is 49.8 Å². The van der Waals surface area contributed by atoms with Gasteiger partial charge in [0.2, 0.25) is 0 Å². The number of halogens is 1. The second-order valence-electron chi connectivity index (χ2n) is 2.15. The predicted octanol–water partition coefficient (Wildman–Crippen LogP) is -0.718. The Kier molecular flexibility index (Phi) is 21.0. The Balaban J connectivity index is -0.000000242. The number of methoxy groups -OCH3 is 1. The maximum atomic E-state index is 10.1. The summed E-state index contributed by atoms with van der Waals surface area (Å²) in [6, 6.07) is 0. The van der Waals surface area contributed by atoms with Crippen LogP contribution in [0.15, 0.2) is 0 Å². The van der Waals surface area contributed by atoms with Crippen molar-refractivity contribution in [2.75, 3.05) is 40.1 Å². The Hall–Kier alpha value is 0.479. The van der Waals surface area contributed by atoms with E-state index in [0.29, 0.717) is 33.0 Å². The van der Waals surface area contributed by atoms with Crippen LogP contribution in [0.5, 0.6) is 0 Å². The summed E-state index contributed by atoms with van der Waals surface area (Å²) in [7, 11) is -3.99. The van der Waals surface area contributed by atoms with Gasteiger partial charge in [-0.15, -0.1) is 0 Å². The third-order valence-corrected chi connectivity index (χ3v) is 0.948. The van der Waals surface area contributed by atoms with Crippen LogP contribution in [0.2, 0.25) is 0 Å². The Bertz CT molecular complexity index is 151. The van der Waals surface area contributed by atoms with Crippen molar-refractivity contribution in [3.05, 3.63) is 6.92 Å². The summed E-state index contributed by atoms with van der Waals surface area (Å²) in [4.78, 5) is 16.9. The van der Waals surface area contributed by atoms with Crippen LogP contribution in [-0.4, -0.2) is 40.1 Å². The first-order chi connectivity index (χ1) is 6.91. The van der Waals surface area contributed by atoms with Gasteiger partial charge in [0.05, 0.1) is 26.4 Å². The molecule has 0 fully saturated rings. The summed E-state index contributed by atoms with van der Waals surface area (Å²) in [6.45, 7) is 6.55. The Morgan fingerprint density at radius 3 is 1.94 bits per heavy atom. The Morgan fingerprint density at radius 2 is 1.56 bits per heavy atom. The fourth-order valence-electron chi connectivity index (χ4n) is 0.464. The third-order valence-electron chi connectivity index (χ3n) is 0.948. The van der Waals surface area contributed by atoms with Crippen LogP contribution in [0.4, 0.5) is 4.20 Å². The molecule has 0 aromatic carbocycles. The van der Waals surface area contributed by atoms with E-state index in [2.05, 4.69) is 6.92 Å². The average Bonchev–Trinajstić information content (AvgIpc) is 2.08. The van der Waals surface area contributed by atoms with Crippen LogP contribution in [0.25, 0.3) is 0 Å². The largest absolute Gasteiger partial charge is 2.00 e. The molecule has 0 aromatic rings. The second kappa shape index (κ2) is 15.5. The number of rotatable bonds is 7. The van der Waals surface area contributed by atoms with Crippen molar-refractivity contribution in [3.8, 4) is 0 Å². The second-order valence-corrected chi connectivity index (χ2v) is 3.01. The van der Waals surface area contributed by atoms with Gasteiger partial charge in [-0.25, -0.2) is 4.20 Å². The molecule has 0 spiro atoms. The molecule has 0 aliphatic heterocycles. The van der Waals surface area contributed by atoms with Crippen molar-refractivity contribution in [1.82, 2.24) is 0 Å². The summed E-state index contributed by atoms with van der Waals surface area (Å²) < 4.78 is 33.4. The molecule has 16 heavy (non-hydrogen) atoms. The molecule has 1 radical (unpaired) electrons. The van der Waals surface area contributed by atoms with Gasteiger partial charge in [0.1, 0.15) is 7.91 Å². The minimum atomic E-state index is -5.64. The van der Waals surface area contributed by atoms with Gasteiger partial charge in [-0.1, -0.05) is 6.61 Å². The standard InChI is InChI=1S/C7H15O3.Cu.FH2O3P/c1-3-9-6-7-10-5-4-8-2;;1-5(2,3)4/h1,3-7H2,2H3;;(H2,2,3,4)/q-1;+2;/p-2. The van der Waals surface area contributed by atoms with Gasteiger partial charge in [-0.2, -0.15) is 0 Å². The van der Waals surface area contributed by atoms with Gasteiger partial charge in [-0.3, -0.25) is 0 Å². The van der Waals surface area contributed by atoms with Crippen LogP contribution in [0.1, 0.15) is 0 Å². The molecule has 9 heteroatoms. The van der Waals surface area contributed by atoms with E-state index in [1.807, 2.05) is 0 Å².